The first-order chi connectivity index (χ1) is 8.74. The number of rotatable bonds is 5. The van der Waals surface area contributed by atoms with Crippen LogP contribution in [0.5, 0.6) is 11.5 Å². The van der Waals surface area contributed by atoms with Crippen molar-refractivity contribution in [2.24, 2.45) is 0 Å². The highest BCUT2D eigenvalue weighted by Gasteiger charge is 2.00. The maximum Gasteiger partial charge on any atom is 0.127 e. The topological polar surface area (TPSA) is 21.7 Å². The van der Waals surface area contributed by atoms with Gasteiger partial charge in [0.2, 0.25) is 0 Å². The van der Waals surface area contributed by atoms with Gasteiger partial charge in [0.15, 0.2) is 0 Å². The van der Waals surface area contributed by atoms with Crippen LogP contribution in [0.4, 0.5) is 0 Å². The van der Waals surface area contributed by atoms with Crippen LogP contribution in [0, 0.1) is 0 Å². The maximum absolute atomic E-state index is 5.66. The second-order valence-corrected chi connectivity index (χ2v) is 4.32. The molecular formula is C13H11Cl2NO2. The molecule has 0 bridgehead atoms. The minimum Gasteiger partial charge on any atom is -0.457 e. The van der Waals surface area contributed by atoms with Gasteiger partial charge in [0.1, 0.15) is 11.5 Å². The highest BCUT2D eigenvalue weighted by molar-refractivity contribution is 6.32. The first-order valence-electron chi connectivity index (χ1n) is 5.30. The molecule has 5 heteroatoms. The summed E-state index contributed by atoms with van der Waals surface area (Å²) in [6, 6.07) is 17.1. The molecule has 0 unspecified atom stereocenters. The maximum atomic E-state index is 5.66. The van der Waals surface area contributed by atoms with Crippen LogP contribution in [-0.4, -0.2) is 4.10 Å². The number of benzene rings is 2. The van der Waals surface area contributed by atoms with E-state index in [1.165, 1.54) is 0 Å². The van der Waals surface area contributed by atoms with Crippen LogP contribution >= 0.6 is 23.6 Å². The molecule has 3 nitrogen and oxygen atoms in total. The lowest BCUT2D eigenvalue weighted by Crippen LogP contribution is -1.99. The Hall–Kier alpha value is -1.26. The third-order valence-electron chi connectivity index (χ3n) is 2.23. The van der Waals surface area contributed by atoms with Gasteiger partial charge in [-0.2, -0.15) is 0 Å². The van der Waals surface area contributed by atoms with E-state index in [0.29, 0.717) is 10.7 Å². The molecule has 0 saturated carbocycles. The van der Waals surface area contributed by atoms with Crippen molar-refractivity contribution in [3.63, 3.8) is 0 Å². The van der Waals surface area contributed by atoms with Crippen molar-refractivity contribution in [2.45, 2.75) is 6.61 Å². The van der Waals surface area contributed by atoms with Gasteiger partial charge in [-0.3, -0.25) is 4.84 Å². The third-order valence-corrected chi connectivity index (χ3v) is 2.43. The van der Waals surface area contributed by atoms with E-state index in [4.69, 9.17) is 33.1 Å². The fraction of sp³-hybridized carbons (Fsp3) is 0.0769. The molecule has 2 rings (SSSR count). The zero-order chi connectivity index (χ0) is 12.8. The molecular weight excluding hydrogens is 273 g/mol. The Balaban J connectivity index is 1.95. The van der Waals surface area contributed by atoms with Gasteiger partial charge in [0.05, 0.1) is 6.61 Å². The van der Waals surface area contributed by atoms with Crippen LogP contribution < -0.4 is 4.74 Å². The third kappa shape index (κ3) is 4.20. The Morgan fingerprint density at radius 3 is 2.06 bits per heavy atom. The Bertz CT molecular complexity index is 474. The number of hydrogen-bond acceptors (Lipinski definition) is 3. The SMILES string of the molecule is ClN(Cl)OCc1ccc(Oc2ccccc2)cc1. The zero-order valence-electron chi connectivity index (χ0n) is 9.42. The van der Waals surface area contributed by atoms with Crippen LogP contribution in [0.15, 0.2) is 54.6 Å². The number of nitrogens with zero attached hydrogens (tertiary/aromatic N) is 1. The number of para-hydroxylation sites is 1. The van der Waals surface area contributed by atoms with Crippen LogP contribution in [0.2, 0.25) is 0 Å². The van der Waals surface area contributed by atoms with Crippen LogP contribution in [-0.2, 0) is 11.4 Å². The van der Waals surface area contributed by atoms with Crippen LogP contribution in [0.3, 0.4) is 0 Å². The molecule has 0 aliphatic heterocycles. The quantitative estimate of drug-likeness (QED) is 0.595. The van der Waals surface area contributed by atoms with Crippen molar-refractivity contribution in [1.82, 2.24) is 4.10 Å². The molecule has 18 heavy (non-hydrogen) atoms. The van der Waals surface area contributed by atoms with Crippen molar-refractivity contribution in [3.05, 3.63) is 60.2 Å². The molecule has 0 aromatic heterocycles. The summed E-state index contributed by atoms with van der Waals surface area (Å²) in [5, 5.41) is 0. The molecule has 0 radical (unpaired) electrons. The molecule has 0 amide bonds. The lowest BCUT2D eigenvalue weighted by Gasteiger charge is -2.07. The van der Waals surface area contributed by atoms with E-state index < -0.39 is 0 Å². The van der Waals surface area contributed by atoms with Gasteiger partial charge >= 0.3 is 0 Å². The van der Waals surface area contributed by atoms with E-state index in [2.05, 4.69) is 0 Å². The Morgan fingerprint density at radius 2 is 1.44 bits per heavy atom. The normalized spacial score (nSPS) is 10.6. The van der Waals surface area contributed by atoms with Crippen molar-refractivity contribution < 1.29 is 9.57 Å². The fourth-order valence-corrected chi connectivity index (χ4v) is 1.50. The fourth-order valence-electron chi connectivity index (χ4n) is 1.40. The molecule has 0 aliphatic carbocycles. The summed E-state index contributed by atoms with van der Waals surface area (Å²) < 4.78 is 6.29. The zero-order valence-corrected chi connectivity index (χ0v) is 10.9. The van der Waals surface area contributed by atoms with Gasteiger partial charge in [-0.25, -0.2) is 0 Å². The molecule has 0 saturated heterocycles. The van der Waals surface area contributed by atoms with E-state index >= 15 is 0 Å². The standard InChI is InChI=1S/C13H11Cl2NO2/c14-16(15)17-10-11-6-8-13(9-7-11)18-12-4-2-1-3-5-12/h1-9H,10H2. The van der Waals surface area contributed by atoms with Gasteiger partial charge in [0, 0.05) is 23.6 Å². The molecule has 0 atom stereocenters. The average molecular weight is 284 g/mol. The summed E-state index contributed by atoms with van der Waals surface area (Å²) in [7, 11) is 0. The summed E-state index contributed by atoms with van der Waals surface area (Å²) in [6.07, 6.45) is 0. The monoisotopic (exact) mass is 283 g/mol. The Labute approximate surface area is 116 Å². The predicted octanol–water partition coefficient (Wildman–Crippen LogP) is 4.52. The first kappa shape index (κ1) is 13.2. The van der Waals surface area contributed by atoms with Gasteiger partial charge in [-0.05, 0) is 33.9 Å². The lowest BCUT2D eigenvalue weighted by molar-refractivity contribution is -0.0259. The van der Waals surface area contributed by atoms with Gasteiger partial charge in [-0.1, -0.05) is 30.3 Å². The molecule has 0 heterocycles. The molecule has 0 aliphatic rings. The second-order valence-electron chi connectivity index (χ2n) is 3.53. The average Bonchev–Trinajstić information content (AvgIpc) is 2.39. The van der Waals surface area contributed by atoms with Crippen LogP contribution in [0.1, 0.15) is 5.56 Å². The second kappa shape index (κ2) is 6.61. The minimum atomic E-state index is 0.304. The smallest absolute Gasteiger partial charge is 0.127 e. The summed E-state index contributed by atoms with van der Waals surface area (Å²) >= 11 is 10.6. The largest absolute Gasteiger partial charge is 0.457 e. The van der Waals surface area contributed by atoms with Gasteiger partial charge in [0.25, 0.3) is 0 Å². The van der Waals surface area contributed by atoms with Gasteiger partial charge < -0.3 is 4.74 Å². The molecule has 0 fully saturated rings. The minimum absolute atomic E-state index is 0.304. The number of halogens is 2. The number of ether oxygens (including phenoxy) is 1. The Morgan fingerprint density at radius 1 is 0.833 bits per heavy atom. The first-order valence-corrected chi connectivity index (χ1v) is 5.98. The Kier molecular flexibility index (Phi) is 4.84. The number of hydrogen-bond donors (Lipinski definition) is 0. The molecule has 0 N–H and O–H groups in total. The van der Waals surface area contributed by atoms with Crippen molar-refractivity contribution in [1.29, 1.82) is 0 Å². The molecule has 2 aromatic rings. The summed E-state index contributed by atoms with van der Waals surface area (Å²) in [6.45, 7) is 0.304. The molecule has 2 aromatic carbocycles. The molecule has 0 spiro atoms. The van der Waals surface area contributed by atoms with E-state index in [1.807, 2.05) is 54.6 Å². The highest BCUT2D eigenvalue weighted by atomic mass is 35.5. The summed E-state index contributed by atoms with van der Waals surface area (Å²) in [5.41, 5.74) is 0.946. The lowest BCUT2D eigenvalue weighted by atomic mass is 10.2. The van der Waals surface area contributed by atoms with Crippen molar-refractivity contribution in [2.75, 3.05) is 0 Å². The predicted molar refractivity (Wildman–Crippen MR) is 71.3 cm³/mol. The van der Waals surface area contributed by atoms with Crippen molar-refractivity contribution >= 4 is 23.6 Å². The summed E-state index contributed by atoms with van der Waals surface area (Å²) in [4.78, 5) is 4.91. The van der Waals surface area contributed by atoms with E-state index in [9.17, 15) is 0 Å². The van der Waals surface area contributed by atoms with Crippen molar-refractivity contribution in [3.8, 4) is 11.5 Å². The van der Waals surface area contributed by atoms with E-state index in [-0.39, 0.29) is 0 Å². The highest BCUT2D eigenvalue weighted by Crippen LogP contribution is 2.21. The van der Waals surface area contributed by atoms with Gasteiger partial charge in [-0.15, -0.1) is 0 Å². The summed E-state index contributed by atoms with van der Waals surface area (Å²) in [5.74, 6) is 1.56. The van der Waals surface area contributed by atoms with E-state index in [0.717, 1.165) is 17.1 Å². The molecule has 94 valence electrons. The van der Waals surface area contributed by atoms with E-state index in [1.54, 1.807) is 0 Å². The van der Waals surface area contributed by atoms with Crippen LogP contribution in [0.25, 0.3) is 0 Å².